The standard InChI is InChI=1S/C21H18N2O3/c1-13(15-7-8-18-16(11-15)12-19(24)23-18)22-21(25)20-17(9-10-26-20)14-5-3-2-4-6-14/h2-11,13H,12H2,1H3,(H,22,25)(H,23,24). The molecule has 1 aliphatic rings. The lowest BCUT2D eigenvalue weighted by Crippen LogP contribution is -2.26. The van der Waals surface area contributed by atoms with Gasteiger partial charge in [0.25, 0.3) is 5.91 Å². The molecule has 2 N–H and O–H groups in total. The van der Waals surface area contributed by atoms with Crippen LogP contribution in [0.4, 0.5) is 5.69 Å². The number of amides is 2. The summed E-state index contributed by atoms with van der Waals surface area (Å²) in [4.78, 5) is 24.2. The smallest absolute Gasteiger partial charge is 0.288 e. The van der Waals surface area contributed by atoms with E-state index in [-0.39, 0.29) is 17.9 Å². The van der Waals surface area contributed by atoms with Crippen LogP contribution >= 0.6 is 0 Å². The molecule has 3 aromatic rings. The Labute approximate surface area is 151 Å². The fourth-order valence-corrected chi connectivity index (χ4v) is 3.19. The van der Waals surface area contributed by atoms with E-state index in [2.05, 4.69) is 10.6 Å². The number of nitrogens with one attached hydrogen (secondary N) is 2. The van der Waals surface area contributed by atoms with Crippen LogP contribution in [0.25, 0.3) is 11.1 Å². The van der Waals surface area contributed by atoms with Gasteiger partial charge in [-0.15, -0.1) is 0 Å². The molecule has 1 aromatic heterocycles. The molecule has 0 saturated heterocycles. The van der Waals surface area contributed by atoms with Gasteiger partial charge in [0.2, 0.25) is 5.91 Å². The van der Waals surface area contributed by atoms with Crippen LogP contribution in [-0.2, 0) is 11.2 Å². The minimum Gasteiger partial charge on any atom is -0.459 e. The van der Waals surface area contributed by atoms with E-state index in [1.807, 2.05) is 55.5 Å². The molecule has 130 valence electrons. The molecular formula is C21H18N2O3. The summed E-state index contributed by atoms with van der Waals surface area (Å²) < 4.78 is 5.44. The van der Waals surface area contributed by atoms with Crippen molar-refractivity contribution in [3.05, 3.63) is 77.7 Å². The van der Waals surface area contributed by atoms with Gasteiger partial charge in [-0.2, -0.15) is 0 Å². The Kier molecular flexibility index (Phi) is 4.05. The van der Waals surface area contributed by atoms with Crippen molar-refractivity contribution in [1.29, 1.82) is 0 Å². The van der Waals surface area contributed by atoms with Crippen LogP contribution < -0.4 is 10.6 Å². The van der Waals surface area contributed by atoms with Crippen molar-refractivity contribution in [3.63, 3.8) is 0 Å². The van der Waals surface area contributed by atoms with Gasteiger partial charge in [0.15, 0.2) is 5.76 Å². The Morgan fingerprint density at radius 1 is 1.15 bits per heavy atom. The zero-order chi connectivity index (χ0) is 18.1. The second kappa shape index (κ2) is 6.52. The van der Waals surface area contributed by atoms with Crippen LogP contribution in [0.2, 0.25) is 0 Å². The fourth-order valence-electron chi connectivity index (χ4n) is 3.19. The molecule has 0 saturated carbocycles. The molecule has 5 heteroatoms. The van der Waals surface area contributed by atoms with Crippen LogP contribution in [0.3, 0.4) is 0 Å². The van der Waals surface area contributed by atoms with E-state index in [0.717, 1.165) is 27.9 Å². The quantitative estimate of drug-likeness (QED) is 0.752. The highest BCUT2D eigenvalue weighted by Gasteiger charge is 2.21. The maximum atomic E-state index is 12.7. The van der Waals surface area contributed by atoms with Gasteiger partial charge < -0.3 is 15.1 Å². The van der Waals surface area contributed by atoms with E-state index in [4.69, 9.17) is 4.42 Å². The fraction of sp³-hybridized carbons (Fsp3) is 0.143. The molecule has 0 aliphatic carbocycles. The molecule has 1 unspecified atom stereocenters. The molecule has 1 atom stereocenters. The predicted molar refractivity (Wildman–Crippen MR) is 98.8 cm³/mol. The third-order valence-electron chi connectivity index (χ3n) is 4.56. The second-order valence-corrected chi connectivity index (χ2v) is 6.37. The van der Waals surface area contributed by atoms with E-state index in [9.17, 15) is 9.59 Å². The third kappa shape index (κ3) is 2.99. The Hall–Kier alpha value is -3.34. The molecule has 5 nitrogen and oxygen atoms in total. The van der Waals surface area contributed by atoms with Crippen molar-refractivity contribution in [1.82, 2.24) is 5.32 Å². The topological polar surface area (TPSA) is 71.3 Å². The number of rotatable bonds is 4. The highest BCUT2D eigenvalue weighted by atomic mass is 16.3. The zero-order valence-corrected chi connectivity index (χ0v) is 14.3. The molecular weight excluding hydrogens is 328 g/mol. The van der Waals surface area contributed by atoms with Gasteiger partial charge in [0, 0.05) is 11.3 Å². The van der Waals surface area contributed by atoms with Crippen molar-refractivity contribution >= 4 is 17.5 Å². The maximum absolute atomic E-state index is 12.7. The van der Waals surface area contributed by atoms with E-state index in [1.54, 1.807) is 6.07 Å². The summed E-state index contributed by atoms with van der Waals surface area (Å²) >= 11 is 0. The van der Waals surface area contributed by atoms with Gasteiger partial charge in [-0.3, -0.25) is 9.59 Å². The van der Waals surface area contributed by atoms with Crippen molar-refractivity contribution in [2.45, 2.75) is 19.4 Å². The Morgan fingerprint density at radius 3 is 2.77 bits per heavy atom. The summed E-state index contributed by atoms with van der Waals surface area (Å²) in [6.07, 6.45) is 1.90. The van der Waals surface area contributed by atoms with Crippen LogP contribution in [0, 0.1) is 0 Å². The summed E-state index contributed by atoms with van der Waals surface area (Å²) in [6.45, 7) is 1.91. The predicted octanol–water partition coefficient (Wildman–Crippen LogP) is 3.93. The van der Waals surface area contributed by atoms with E-state index in [1.165, 1.54) is 6.26 Å². The molecule has 0 bridgehead atoms. The van der Waals surface area contributed by atoms with Crippen molar-refractivity contribution in [2.24, 2.45) is 0 Å². The lowest BCUT2D eigenvalue weighted by atomic mass is 10.0. The number of carbonyl (C=O) groups excluding carboxylic acids is 2. The van der Waals surface area contributed by atoms with Crippen LogP contribution in [-0.4, -0.2) is 11.8 Å². The Bertz CT molecular complexity index is 976. The van der Waals surface area contributed by atoms with Gasteiger partial charge in [-0.1, -0.05) is 42.5 Å². The van der Waals surface area contributed by atoms with E-state index < -0.39 is 0 Å². The van der Waals surface area contributed by atoms with E-state index in [0.29, 0.717) is 12.2 Å². The van der Waals surface area contributed by atoms with Crippen molar-refractivity contribution in [3.8, 4) is 11.1 Å². The molecule has 2 heterocycles. The number of carbonyl (C=O) groups is 2. The first-order chi connectivity index (χ1) is 12.6. The average Bonchev–Trinajstić information content (AvgIpc) is 3.27. The van der Waals surface area contributed by atoms with E-state index >= 15 is 0 Å². The van der Waals surface area contributed by atoms with Gasteiger partial charge >= 0.3 is 0 Å². The number of fused-ring (bicyclic) bond motifs is 1. The molecule has 2 aromatic carbocycles. The molecule has 26 heavy (non-hydrogen) atoms. The Morgan fingerprint density at radius 2 is 1.96 bits per heavy atom. The maximum Gasteiger partial charge on any atom is 0.288 e. The van der Waals surface area contributed by atoms with Crippen LogP contribution in [0.5, 0.6) is 0 Å². The van der Waals surface area contributed by atoms with Gasteiger partial charge in [-0.05, 0) is 35.7 Å². The van der Waals surface area contributed by atoms with Crippen LogP contribution in [0.1, 0.15) is 34.6 Å². The molecule has 1 aliphatic heterocycles. The third-order valence-corrected chi connectivity index (χ3v) is 4.56. The second-order valence-electron chi connectivity index (χ2n) is 6.37. The minimum atomic E-state index is -0.268. The van der Waals surface area contributed by atoms with Crippen LogP contribution in [0.15, 0.2) is 65.3 Å². The monoisotopic (exact) mass is 346 g/mol. The lowest BCUT2D eigenvalue weighted by Gasteiger charge is -2.15. The first-order valence-electron chi connectivity index (χ1n) is 8.48. The summed E-state index contributed by atoms with van der Waals surface area (Å²) in [5, 5.41) is 5.78. The number of anilines is 1. The Balaban J connectivity index is 1.54. The highest BCUT2D eigenvalue weighted by molar-refractivity contribution is 5.99. The van der Waals surface area contributed by atoms with Crippen molar-refractivity contribution in [2.75, 3.05) is 5.32 Å². The number of benzene rings is 2. The van der Waals surface area contributed by atoms with Gasteiger partial charge in [0.05, 0.1) is 18.7 Å². The largest absolute Gasteiger partial charge is 0.459 e. The molecule has 4 rings (SSSR count). The van der Waals surface area contributed by atoms with Crippen molar-refractivity contribution < 1.29 is 14.0 Å². The number of furan rings is 1. The molecule has 0 radical (unpaired) electrons. The lowest BCUT2D eigenvalue weighted by molar-refractivity contribution is -0.115. The molecule has 0 fully saturated rings. The molecule has 0 spiro atoms. The first-order valence-corrected chi connectivity index (χ1v) is 8.48. The highest BCUT2D eigenvalue weighted by Crippen LogP contribution is 2.28. The SMILES string of the molecule is CC(NC(=O)c1occc1-c1ccccc1)c1ccc2c(c1)CC(=O)N2. The first kappa shape index (κ1) is 16.1. The normalized spacial score (nSPS) is 13.8. The minimum absolute atomic E-state index is 0.00285. The number of hydrogen-bond donors (Lipinski definition) is 2. The van der Waals surface area contributed by atoms with Gasteiger partial charge in [0.1, 0.15) is 0 Å². The summed E-state index contributed by atoms with van der Waals surface area (Å²) in [6, 6.07) is 17.0. The average molecular weight is 346 g/mol. The molecule has 2 amide bonds. The zero-order valence-electron chi connectivity index (χ0n) is 14.3. The summed E-state index contributed by atoms with van der Waals surface area (Å²) in [5.74, 6) is 0.0223. The van der Waals surface area contributed by atoms with Gasteiger partial charge in [-0.25, -0.2) is 0 Å². The summed E-state index contributed by atoms with van der Waals surface area (Å²) in [7, 11) is 0. The summed E-state index contributed by atoms with van der Waals surface area (Å²) in [5.41, 5.74) is 4.44. The number of hydrogen-bond acceptors (Lipinski definition) is 3.